The van der Waals surface area contributed by atoms with E-state index in [1.807, 2.05) is 12.1 Å². The van der Waals surface area contributed by atoms with Crippen LogP contribution in [0.1, 0.15) is 6.42 Å². The molecule has 0 radical (unpaired) electrons. The minimum absolute atomic E-state index is 0.629. The SMILES string of the molecule is COc1ccc2c(c1)OCCCN2C=O. The molecule has 0 saturated heterocycles. The van der Waals surface area contributed by atoms with Crippen molar-refractivity contribution in [3.8, 4) is 11.5 Å². The second-order valence-corrected chi connectivity index (χ2v) is 3.33. The Morgan fingerprint density at radius 3 is 3.13 bits per heavy atom. The summed E-state index contributed by atoms with van der Waals surface area (Å²) < 4.78 is 10.6. The van der Waals surface area contributed by atoms with Gasteiger partial charge in [0.05, 0.1) is 19.4 Å². The van der Waals surface area contributed by atoms with E-state index in [-0.39, 0.29) is 0 Å². The van der Waals surface area contributed by atoms with Gasteiger partial charge in [0.25, 0.3) is 0 Å². The van der Waals surface area contributed by atoms with Crippen molar-refractivity contribution in [2.45, 2.75) is 6.42 Å². The molecule has 0 atom stereocenters. The maximum Gasteiger partial charge on any atom is 0.214 e. The molecule has 1 amide bonds. The zero-order valence-electron chi connectivity index (χ0n) is 8.60. The smallest absolute Gasteiger partial charge is 0.214 e. The molecular weight excluding hydrogens is 194 g/mol. The van der Waals surface area contributed by atoms with E-state index >= 15 is 0 Å². The van der Waals surface area contributed by atoms with Crippen molar-refractivity contribution in [1.29, 1.82) is 0 Å². The number of ether oxygens (including phenoxy) is 2. The molecule has 1 heterocycles. The van der Waals surface area contributed by atoms with Gasteiger partial charge in [0, 0.05) is 12.6 Å². The van der Waals surface area contributed by atoms with Gasteiger partial charge < -0.3 is 14.4 Å². The molecule has 0 aromatic heterocycles. The van der Waals surface area contributed by atoms with Gasteiger partial charge in [-0.05, 0) is 18.6 Å². The number of hydrogen-bond donors (Lipinski definition) is 0. The third-order valence-electron chi connectivity index (χ3n) is 2.40. The summed E-state index contributed by atoms with van der Waals surface area (Å²) in [5.74, 6) is 1.44. The summed E-state index contributed by atoms with van der Waals surface area (Å²) in [5.41, 5.74) is 0.809. The molecule has 15 heavy (non-hydrogen) atoms. The molecule has 0 spiro atoms. The van der Waals surface area contributed by atoms with Crippen LogP contribution in [0.25, 0.3) is 0 Å². The van der Waals surface area contributed by atoms with Gasteiger partial charge in [0.2, 0.25) is 6.41 Å². The molecule has 4 heteroatoms. The van der Waals surface area contributed by atoms with Gasteiger partial charge in [-0.15, -0.1) is 0 Å². The van der Waals surface area contributed by atoms with Crippen LogP contribution in [-0.2, 0) is 4.79 Å². The summed E-state index contributed by atoms with van der Waals surface area (Å²) in [6.45, 7) is 1.33. The first-order valence-corrected chi connectivity index (χ1v) is 4.88. The molecule has 0 N–H and O–H groups in total. The van der Waals surface area contributed by atoms with Crippen molar-refractivity contribution in [1.82, 2.24) is 0 Å². The number of carbonyl (C=O) groups excluding carboxylic acids is 1. The second-order valence-electron chi connectivity index (χ2n) is 3.33. The van der Waals surface area contributed by atoms with E-state index in [4.69, 9.17) is 9.47 Å². The summed E-state index contributed by atoms with van der Waals surface area (Å²) in [4.78, 5) is 12.5. The van der Waals surface area contributed by atoms with Crippen LogP contribution in [-0.4, -0.2) is 26.7 Å². The van der Waals surface area contributed by atoms with Gasteiger partial charge in [0.15, 0.2) is 0 Å². The van der Waals surface area contributed by atoms with Crippen LogP contribution in [0.15, 0.2) is 18.2 Å². The van der Waals surface area contributed by atoms with E-state index in [1.54, 1.807) is 18.1 Å². The average molecular weight is 207 g/mol. The first-order chi connectivity index (χ1) is 7.35. The molecule has 0 aliphatic carbocycles. The number of fused-ring (bicyclic) bond motifs is 1. The lowest BCUT2D eigenvalue weighted by atomic mass is 10.2. The van der Waals surface area contributed by atoms with E-state index < -0.39 is 0 Å². The van der Waals surface area contributed by atoms with Crippen molar-refractivity contribution >= 4 is 12.1 Å². The monoisotopic (exact) mass is 207 g/mol. The Morgan fingerprint density at radius 2 is 2.40 bits per heavy atom. The molecule has 4 nitrogen and oxygen atoms in total. The number of hydrogen-bond acceptors (Lipinski definition) is 3. The Bertz CT molecular complexity index is 365. The number of nitrogens with zero attached hydrogens (tertiary/aromatic N) is 1. The largest absolute Gasteiger partial charge is 0.497 e. The highest BCUT2D eigenvalue weighted by molar-refractivity contribution is 5.79. The van der Waals surface area contributed by atoms with E-state index in [9.17, 15) is 4.79 Å². The summed E-state index contributed by atoms with van der Waals surface area (Å²) in [6, 6.07) is 5.47. The first kappa shape index (κ1) is 9.83. The van der Waals surface area contributed by atoms with Crippen LogP contribution in [0, 0.1) is 0 Å². The van der Waals surface area contributed by atoms with Gasteiger partial charge in [-0.1, -0.05) is 0 Å². The van der Waals surface area contributed by atoms with Gasteiger partial charge in [0.1, 0.15) is 11.5 Å². The topological polar surface area (TPSA) is 38.8 Å². The number of carbonyl (C=O) groups is 1. The predicted molar refractivity (Wildman–Crippen MR) is 56.5 cm³/mol. The van der Waals surface area contributed by atoms with E-state index in [0.717, 1.165) is 24.3 Å². The molecule has 1 aromatic rings. The number of methoxy groups -OCH3 is 1. The molecule has 80 valence electrons. The van der Waals surface area contributed by atoms with Crippen molar-refractivity contribution in [2.75, 3.05) is 25.2 Å². The van der Waals surface area contributed by atoms with Crippen LogP contribution in [0.3, 0.4) is 0 Å². The average Bonchev–Trinajstić information content (AvgIpc) is 2.49. The minimum Gasteiger partial charge on any atom is -0.497 e. The second kappa shape index (κ2) is 4.21. The van der Waals surface area contributed by atoms with Gasteiger partial charge in [-0.2, -0.15) is 0 Å². The molecule has 0 saturated carbocycles. The van der Waals surface area contributed by atoms with Crippen molar-refractivity contribution in [3.63, 3.8) is 0 Å². The van der Waals surface area contributed by atoms with E-state index in [0.29, 0.717) is 18.9 Å². The number of anilines is 1. The highest BCUT2D eigenvalue weighted by atomic mass is 16.5. The highest BCUT2D eigenvalue weighted by Crippen LogP contribution is 2.33. The summed E-state index contributed by atoms with van der Waals surface area (Å²) in [6.07, 6.45) is 1.68. The lowest BCUT2D eigenvalue weighted by Gasteiger charge is -2.16. The van der Waals surface area contributed by atoms with Crippen LogP contribution in [0.2, 0.25) is 0 Å². The summed E-state index contributed by atoms with van der Waals surface area (Å²) in [7, 11) is 1.61. The van der Waals surface area contributed by atoms with Crippen molar-refractivity contribution in [3.05, 3.63) is 18.2 Å². The molecule has 1 aliphatic heterocycles. The zero-order valence-corrected chi connectivity index (χ0v) is 8.60. The fourth-order valence-electron chi connectivity index (χ4n) is 1.62. The summed E-state index contributed by atoms with van der Waals surface area (Å²) in [5, 5.41) is 0. The highest BCUT2D eigenvalue weighted by Gasteiger charge is 2.16. The first-order valence-electron chi connectivity index (χ1n) is 4.88. The molecule has 2 rings (SSSR count). The molecule has 0 bridgehead atoms. The van der Waals surface area contributed by atoms with E-state index in [2.05, 4.69) is 0 Å². The third-order valence-corrected chi connectivity index (χ3v) is 2.40. The van der Waals surface area contributed by atoms with Crippen LogP contribution >= 0.6 is 0 Å². The van der Waals surface area contributed by atoms with Gasteiger partial charge in [-0.3, -0.25) is 4.79 Å². The van der Waals surface area contributed by atoms with Gasteiger partial charge >= 0.3 is 0 Å². The Hall–Kier alpha value is -1.71. The molecular formula is C11H13NO3. The molecule has 1 aromatic carbocycles. The van der Waals surface area contributed by atoms with Crippen LogP contribution < -0.4 is 14.4 Å². The minimum atomic E-state index is 0.629. The predicted octanol–water partition coefficient (Wildman–Crippen LogP) is 1.44. The van der Waals surface area contributed by atoms with Crippen molar-refractivity contribution in [2.24, 2.45) is 0 Å². The maximum absolute atomic E-state index is 10.9. The lowest BCUT2D eigenvalue weighted by molar-refractivity contribution is -0.107. The Morgan fingerprint density at radius 1 is 1.53 bits per heavy atom. The standard InChI is InChI=1S/C11H13NO3/c1-14-9-3-4-10-11(7-9)15-6-2-5-12(10)8-13/h3-4,7-8H,2,5-6H2,1H3. The Balaban J connectivity index is 2.40. The molecule has 0 unspecified atom stereocenters. The number of amides is 1. The fourth-order valence-corrected chi connectivity index (χ4v) is 1.62. The van der Waals surface area contributed by atoms with Crippen LogP contribution in [0.4, 0.5) is 5.69 Å². The molecule has 0 fully saturated rings. The van der Waals surface area contributed by atoms with E-state index in [1.165, 1.54) is 0 Å². The Labute approximate surface area is 88.4 Å². The Kier molecular flexibility index (Phi) is 2.76. The third kappa shape index (κ3) is 1.88. The quantitative estimate of drug-likeness (QED) is 0.689. The van der Waals surface area contributed by atoms with Crippen LogP contribution in [0.5, 0.6) is 11.5 Å². The fraction of sp³-hybridized carbons (Fsp3) is 0.364. The maximum atomic E-state index is 10.9. The molecule has 1 aliphatic rings. The van der Waals surface area contributed by atoms with Gasteiger partial charge in [-0.25, -0.2) is 0 Å². The number of rotatable bonds is 2. The zero-order chi connectivity index (χ0) is 10.7. The van der Waals surface area contributed by atoms with Crippen molar-refractivity contribution < 1.29 is 14.3 Å². The number of benzene rings is 1. The lowest BCUT2D eigenvalue weighted by Crippen LogP contribution is -2.21. The summed E-state index contributed by atoms with van der Waals surface area (Å²) >= 11 is 0. The normalized spacial score (nSPS) is 14.9.